The molecule has 4 fully saturated rings. The van der Waals surface area contributed by atoms with Gasteiger partial charge in [-0.15, -0.1) is 0 Å². The maximum absolute atomic E-state index is 13.0. The zero-order valence-electron chi connectivity index (χ0n) is 16.1. The quantitative estimate of drug-likeness (QED) is 0.710. The number of hydrogen-bond donors (Lipinski definition) is 1. The van der Waals surface area contributed by atoms with Gasteiger partial charge in [0.05, 0.1) is 27.6 Å². The summed E-state index contributed by atoms with van der Waals surface area (Å²) in [5.74, 6) is 0.592. The van der Waals surface area contributed by atoms with Gasteiger partial charge in [0.25, 0.3) is 0 Å². The topological polar surface area (TPSA) is 66.5 Å². The van der Waals surface area contributed by atoms with E-state index in [1.165, 1.54) is 0 Å². The average Bonchev–Trinajstić information content (AvgIpc) is 3.39. The molecule has 3 saturated carbocycles. The average molecular weight is 435 g/mol. The number of halogens is 2. The summed E-state index contributed by atoms with van der Waals surface area (Å²) in [6, 6.07) is 5.09. The second kappa shape index (κ2) is 7.28. The van der Waals surface area contributed by atoms with Crippen LogP contribution in [0.25, 0.3) is 0 Å². The number of imide groups is 1. The van der Waals surface area contributed by atoms with Gasteiger partial charge in [-0.25, -0.2) is 0 Å². The molecule has 7 heteroatoms. The molecule has 1 saturated heterocycles. The molecule has 154 valence electrons. The molecule has 0 radical (unpaired) electrons. The van der Waals surface area contributed by atoms with Crippen LogP contribution in [0.2, 0.25) is 10.0 Å². The van der Waals surface area contributed by atoms with Crippen molar-refractivity contribution < 1.29 is 14.4 Å². The minimum absolute atomic E-state index is 0.0567. The molecule has 5 nitrogen and oxygen atoms in total. The molecule has 0 unspecified atom stereocenters. The first-order valence-electron chi connectivity index (χ1n) is 10.6. The number of carbonyl (C=O) groups excluding carboxylic acids is 3. The minimum Gasteiger partial charge on any atom is -0.324 e. The van der Waals surface area contributed by atoms with E-state index in [9.17, 15) is 14.4 Å². The van der Waals surface area contributed by atoms with Crippen molar-refractivity contribution >= 4 is 46.6 Å². The van der Waals surface area contributed by atoms with Gasteiger partial charge in [-0.3, -0.25) is 19.3 Å². The van der Waals surface area contributed by atoms with Gasteiger partial charge in [0.15, 0.2) is 0 Å². The lowest BCUT2D eigenvalue weighted by Crippen LogP contribution is -2.44. The predicted octanol–water partition coefficient (Wildman–Crippen LogP) is 4.52. The van der Waals surface area contributed by atoms with Gasteiger partial charge in [-0.05, 0) is 68.9 Å². The largest absolute Gasteiger partial charge is 0.324 e. The SMILES string of the molecule is O=C(Nc1cccc(Cl)c1Cl)C1CCC(N2C(=O)[C@@H]3[C@H]4CC[C@@H](C4)[C@H]3C2=O)CC1. The van der Waals surface area contributed by atoms with Crippen molar-refractivity contribution in [3.8, 4) is 0 Å². The summed E-state index contributed by atoms with van der Waals surface area (Å²) in [5, 5.41) is 3.61. The molecule has 1 aliphatic heterocycles. The third-order valence-corrected chi connectivity index (χ3v) is 8.42. The molecular weight excluding hydrogens is 411 g/mol. The highest BCUT2D eigenvalue weighted by atomic mass is 35.5. The number of amides is 3. The van der Waals surface area contributed by atoms with E-state index >= 15 is 0 Å². The number of benzene rings is 1. The first kappa shape index (κ1) is 19.4. The van der Waals surface area contributed by atoms with Crippen molar-refractivity contribution in [2.24, 2.45) is 29.6 Å². The fraction of sp³-hybridized carbons (Fsp3) is 0.591. The monoisotopic (exact) mass is 434 g/mol. The standard InChI is InChI=1S/C22H24Cl2N2O3/c23-15-2-1-3-16(19(15)24)25-20(27)11-6-8-14(9-7-11)26-21(28)17-12-4-5-13(10-12)18(17)22(26)29/h1-3,11-14,17-18H,4-10H2,(H,25,27)/t11?,12-,13-,14?,17+,18+/m0/s1. The highest BCUT2D eigenvalue weighted by Gasteiger charge is 2.61. The van der Waals surface area contributed by atoms with Crippen LogP contribution in [0, 0.1) is 29.6 Å². The van der Waals surface area contributed by atoms with Crippen molar-refractivity contribution in [1.82, 2.24) is 4.90 Å². The molecule has 3 aliphatic carbocycles. The molecule has 29 heavy (non-hydrogen) atoms. The highest BCUT2D eigenvalue weighted by molar-refractivity contribution is 6.44. The van der Waals surface area contributed by atoms with Crippen LogP contribution >= 0.6 is 23.2 Å². The molecule has 1 N–H and O–H groups in total. The van der Waals surface area contributed by atoms with Crippen LogP contribution in [0.4, 0.5) is 5.69 Å². The molecule has 1 heterocycles. The van der Waals surface area contributed by atoms with E-state index in [1.54, 1.807) is 23.1 Å². The lowest BCUT2D eigenvalue weighted by molar-refractivity contribution is -0.144. The summed E-state index contributed by atoms with van der Waals surface area (Å²) in [5.41, 5.74) is 0.513. The van der Waals surface area contributed by atoms with E-state index in [-0.39, 0.29) is 41.5 Å². The lowest BCUT2D eigenvalue weighted by Gasteiger charge is -2.33. The number of anilines is 1. The molecule has 0 aromatic heterocycles. The van der Waals surface area contributed by atoms with Gasteiger partial charge in [-0.2, -0.15) is 0 Å². The second-order valence-electron chi connectivity index (χ2n) is 9.03. The van der Waals surface area contributed by atoms with Crippen molar-refractivity contribution in [2.45, 2.75) is 51.0 Å². The Labute approximate surface area is 180 Å². The van der Waals surface area contributed by atoms with Crippen molar-refractivity contribution in [3.63, 3.8) is 0 Å². The van der Waals surface area contributed by atoms with E-state index in [4.69, 9.17) is 23.2 Å². The Morgan fingerprint density at radius 1 is 0.931 bits per heavy atom. The maximum Gasteiger partial charge on any atom is 0.233 e. The van der Waals surface area contributed by atoms with Gasteiger partial charge in [0.1, 0.15) is 0 Å². The molecule has 2 bridgehead atoms. The molecule has 4 aliphatic rings. The third-order valence-electron chi connectivity index (χ3n) is 7.60. The number of rotatable bonds is 3. The number of fused-ring (bicyclic) bond motifs is 5. The van der Waals surface area contributed by atoms with E-state index in [0.717, 1.165) is 19.3 Å². The van der Waals surface area contributed by atoms with Gasteiger partial charge >= 0.3 is 0 Å². The first-order valence-corrected chi connectivity index (χ1v) is 11.3. The van der Waals surface area contributed by atoms with Crippen LogP contribution < -0.4 is 5.32 Å². The number of hydrogen-bond acceptors (Lipinski definition) is 3. The Morgan fingerprint density at radius 2 is 1.55 bits per heavy atom. The van der Waals surface area contributed by atoms with Gasteiger partial charge in [0, 0.05) is 12.0 Å². The molecular formula is C22H24Cl2N2O3. The molecule has 1 aromatic carbocycles. The zero-order chi connectivity index (χ0) is 20.3. The lowest BCUT2D eigenvalue weighted by atomic mass is 9.81. The molecule has 5 rings (SSSR count). The van der Waals surface area contributed by atoms with Crippen molar-refractivity contribution in [2.75, 3.05) is 5.32 Å². The molecule has 4 atom stereocenters. The molecule has 0 spiro atoms. The maximum atomic E-state index is 13.0. The summed E-state index contributed by atoms with van der Waals surface area (Å²) in [4.78, 5) is 40.3. The Kier molecular flexibility index (Phi) is 4.86. The van der Waals surface area contributed by atoms with Gasteiger partial charge < -0.3 is 5.32 Å². The zero-order valence-corrected chi connectivity index (χ0v) is 17.6. The normalized spacial score (nSPS) is 35.9. The van der Waals surface area contributed by atoms with Crippen LogP contribution in [0.5, 0.6) is 0 Å². The van der Waals surface area contributed by atoms with Crippen molar-refractivity contribution in [3.05, 3.63) is 28.2 Å². The smallest absolute Gasteiger partial charge is 0.233 e. The number of carbonyl (C=O) groups is 3. The summed E-state index contributed by atoms with van der Waals surface area (Å²) in [6.07, 6.45) is 5.94. The summed E-state index contributed by atoms with van der Waals surface area (Å²) in [6.45, 7) is 0. The van der Waals surface area contributed by atoms with E-state index in [2.05, 4.69) is 5.32 Å². The Morgan fingerprint density at radius 3 is 2.17 bits per heavy atom. The number of nitrogens with zero attached hydrogens (tertiary/aromatic N) is 1. The summed E-state index contributed by atoms with van der Waals surface area (Å²) < 4.78 is 0. The third kappa shape index (κ3) is 3.09. The van der Waals surface area contributed by atoms with Crippen LogP contribution in [-0.2, 0) is 14.4 Å². The number of likely N-dealkylation sites (tertiary alicyclic amines) is 1. The Balaban J connectivity index is 1.22. The van der Waals surface area contributed by atoms with Crippen LogP contribution in [0.15, 0.2) is 18.2 Å². The predicted molar refractivity (Wildman–Crippen MR) is 111 cm³/mol. The van der Waals surface area contributed by atoms with Crippen LogP contribution in [0.1, 0.15) is 44.9 Å². The van der Waals surface area contributed by atoms with E-state index < -0.39 is 0 Å². The fourth-order valence-electron chi connectivity index (χ4n) is 6.22. The molecule has 3 amide bonds. The highest BCUT2D eigenvalue weighted by Crippen LogP contribution is 2.56. The summed E-state index contributed by atoms with van der Waals surface area (Å²) >= 11 is 12.2. The van der Waals surface area contributed by atoms with Crippen LogP contribution in [0.3, 0.4) is 0 Å². The van der Waals surface area contributed by atoms with Crippen LogP contribution in [-0.4, -0.2) is 28.7 Å². The fourth-order valence-corrected chi connectivity index (χ4v) is 6.57. The minimum atomic E-state index is -0.148. The first-order chi connectivity index (χ1) is 14.0. The Bertz CT molecular complexity index is 853. The second-order valence-corrected chi connectivity index (χ2v) is 9.81. The molecule has 1 aromatic rings. The van der Waals surface area contributed by atoms with Gasteiger partial charge in [0.2, 0.25) is 17.7 Å². The van der Waals surface area contributed by atoms with Gasteiger partial charge in [-0.1, -0.05) is 29.3 Å². The van der Waals surface area contributed by atoms with Crippen molar-refractivity contribution in [1.29, 1.82) is 0 Å². The number of nitrogens with one attached hydrogen (secondary N) is 1. The summed E-state index contributed by atoms with van der Waals surface area (Å²) in [7, 11) is 0. The van der Waals surface area contributed by atoms with E-state index in [1.807, 2.05) is 0 Å². The van der Waals surface area contributed by atoms with E-state index in [0.29, 0.717) is 53.3 Å². The Hall–Kier alpha value is -1.59.